The molecule has 1 aliphatic heterocycles. The summed E-state index contributed by atoms with van der Waals surface area (Å²) in [5, 5.41) is 0. The van der Waals surface area contributed by atoms with Crippen LogP contribution in [0.3, 0.4) is 0 Å². The van der Waals surface area contributed by atoms with Gasteiger partial charge in [0.05, 0.1) is 16.0 Å². The van der Waals surface area contributed by atoms with Crippen molar-refractivity contribution in [1.82, 2.24) is 4.98 Å². The van der Waals surface area contributed by atoms with Gasteiger partial charge >= 0.3 is 0 Å². The number of fused-ring (bicyclic) bond motifs is 2. The van der Waals surface area contributed by atoms with Crippen LogP contribution in [0.25, 0.3) is 10.2 Å². The summed E-state index contributed by atoms with van der Waals surface area (Å²) in [4.78, 5) is 19.4. The molecule has 25 heavy (non-hydrogen) atoms. The van der Waals surface area contributed by atoms with Crippen LogP contribution in [-0.2, 0) is 15.6 Å². The smallest absolute Gasteiger partial charge is 0.237 e. The fourth-order valence-electron chi connectivity index (χ4n) is 3.09. The molecule has 0 fully saturated rings. The number of benzene rings is 2. The molecule has 0 spiro atoms. The molecular weight excluding hydrogens is 463 g/mol. The lowest BCUT2D eigenvalue weighted by atomic mass is 10.0. The van der Waals surface area contributed by atoms with Crippen molar-refractivity contribution in [2.45, 2.75) is 21.6 Å². The van der Waals surface area contributed by atoms with Crippen LogP contribution in [0.5, 0.6) is 0 Å². The molecule has 0 aliphatic carbocycles. The molecule has 2 heterocycles. The van der Waals surface area contributed by atoms with Crippen molar-refractivity contribution in [1.29, 1.82) is 0 Å². The zero-order valence-electron chi connectivity index (χ0n) is 13.6. The number of para-hydroxylation sites is 1. The highest BCUT2D eigenvalue weighted by Gasteiger charge is 2.22. The zero-order valence-corrected chi connectivity index (χ0v) is 17.4. The second-order valence-electron chi connectivity index (χ2n) is 5.98. The number of aryl methyl sites for hydroxylation is 1. The van der Waals surface area contributed by atoms with Crippen LogP contribution >= 0.6 is 45.7 Å². The van der Waals surface area contributed by atoms with Gasteiger partial charge in [0.2, 0.25) is 5.91 Å². The van der Waals surface area contributed by atoms with E-state index in [4.69, 9.17) is 4.98 Å². The molecule has 0 saturated heterocycles. The summed E-state index contributed by atoms with van der Waals surface area (Å²) in [7, 11) is 0. The van der Waals surface area contributed by atoms with E-state index < -0.39 is 0 Å². The Hall–Kier alpha value is -1.12. The molecule has 0 atom stereocenters. The topological polar surface area (TPSA) is 33.2 Å². The quantitative estimate of drug-likeness (QED) is 0.289. The number of thiazole rings is 1. The number of aromatic nitrogens is 1. The molecule has 0 saturated carbocycles. The first-order valence-electron chi connectivity index (χ1n) is 8.21. The number of hydrogen-bond donors (Lipinski definition) is 0. The van der Waals surface area contributed by atoms with Gasteiger partial charge in [0.15, 0.2) is 4.34 Å². The number of alkyl halides is 1. The van der Waals surface area contributed by atoms with Gasteiger partial charge in [-0.25, -0.2) is 4.98 Å². The van der Waals surface area contributed by atoms with Crippen molar-refractivity contribution >= 4 is 67.5 Å². The third-order valence-electron chi connectivity index (χ3n) is 4.32. The Kier molecular flexibility index (Phi) is 5.28. The van der Waals surface area contributed by atoms with Gasteiger partial charge in [0.25, 0.3) is 0 Å². The number of amides is 1. The summed E-state index contributed by atoms with van der Waals surface area (Å²) in [6.07, 6.45) is 2.09. The maximum Gasteiger partial charge on any atom is 0.237 e. The molecule has 1 aliphatic rings. The highest BCUT2D eigenvalue weighted by molar-refractivity contribution is 14.1. The number of hydrogen-bond acceptors (Lipinski definition) is 4. The summed E-state index contributed by atoms with van der Waals surface area (Å²) in [6, 6.07) is 14.7. The van der Waals surface area contributed by atoms with Crippen molar-refractivity contribution in [2.24, 2.45) is 0 Å². The predicted octanol–water partition coefficient (Wildman–Crippen LogP) is 5.30. The summed E-state index contributed by atoms with van der Waals surface area (Å²) in [6.45, 7) is 0.815. The van der Waals surface area contributed by atoms with Crippen LogP contribution in [-0.4, -0.2) is 23.2 Å². The van der Waals surface area contributed by atoms with Gasteiger partial charge in [-0.1, -0.05) is 58.6 Å². The normalized spacial score (nSPS) is 13.9. The number of thioether (sulfide) groups is 1. The van der Waals surface area contributed by atoms with Gasteiger partial charge in [-0.2, -0.15) is 0 Å². The summed E-state index contributed by atoms with van der Waals surface area (Å²) < 4.78 is 3.15. The van der Waals surface area contributed by atoms with E-state index in [2.05, 4.69) is 52.9 Å². The van der Waals surface area contributed by atoms with Gasteiger partial charge in [-0.3, -0.25) is 4.79 Å². The highest BCUT2D eigenvalue weighted by atomic mass is 127. The van der Waals surface area contributed by atoms with Gasteiger partial charge in [-0.05, 0) is 42.2 Å². The lowest BCUT2D eigenvalue weighted by Crippen LogP contribution is -2.36. The van der Waals surface area contributed by atoms with Gasteiger partial charge < -0.3 is 4.90 Å². The van der Waals surface area contributed by atoms with Gasteiger partial charge in [0.1, 0.15) is 0 Å². The van der Waals surface area contributed by atoms with Crippen molar-refractivity contribution in [2.75, 3.05) is 17.2 Å². The average Bonchev–Trinajstić information content (AvgIpc) is 3.07. The first-order valence-corrected chi connectivity index (χ1v) is 11.5. The third kappa shape index (κ3) is 3.71. The van der Waals surface area contributed by atoms with Crippen molar-refractivity contribution < 1.29 is 4.79 Å². The Morgan fingerprint density at radius 2 is 2.16 bits per heavy atom. The Bertz CT molecular complexity index is 925. The molecule has 1 amide bonds. The van der Waals surface area contributed by atoms with E-state index in [-0.39, 0.29) is 5.91 Å². The lowest BCUT2D eigenvalue weighted by molar-refractivity contribution is -0.116. The van der Waals surface area contributed by atoms with Crippen LogP contribution in [0.4, 0.5) is 5.69 Å². The maximum atomic E-state index is 12.7. The SMILES string of the molecule is O=C(CSc1nc2cc(CI)ccc2s1)N1CCCc2ccccc21. The summed E-state index contributed by atoms with van der Waals surface area (Å²) >= 11 is 5.58. The number of carbonyl (C=O) groups excluding carboxylic acids is 1. The molecule has 4 rings (SSSR count). The standard InChI is InChI=1S/C19H17IN2OS2/c20-11-13-7-8-17-15(10-13)21-19(25-17)24-12-18(23)22-9-3-5-14-4-1-2-6-16(14)22/h1-2,4,6-8,10H,3,5,9,11-12H2. The number of carbonyl (C=O) groups is 1. The Balaban J connectivity index is 1.47. The molecule has 6 heteroatoms. The Morgan fingerprint density at radius 3 is 3.04 bits per heavy atom. The fraction of sp³-hybridized carbons (Fsp3) is 0.263. The van der Waals surface area contributed by atoms with E-state index in [0.29, 0.717) is 5.75 Å². The van der Waals surface area contributed by atoms with Gasteiger partial charge in [-0.15, -0.1) is 11.3 Å². The number of halogens is 1. The van der Waals surface area contributed by atoms with Crippen LogP contribution in [0.2, 0.25) is 0 Å². The molecule has 3 aromatic rings. The number of rotatable bonds is 4. The molecule has 0 bridgehead atoms. The highest BCUT2D eigenvalue weighted by Crippen LogP contribution is 2.32. The van der Waals surface area contributed by atoms with Crippen molar-refractivity contribution in [3.8, 4) is 0 Å². The van der Waals surface area contributed by atoms with E-state index in [9.17, 15) is 4.79 Å². The minimum absolute atomic E-state index is 0.171. The van der Waals surface area contributed by atoms with E-state index in [1.807, 2.05) is 17.0 Å². The van der Waals surface area contributed by atoms with Crippen molar-refractivity contribution in [3.05, 3.63) is 53.6 Å². The Morgan fingerprint density at radius 1 is 1.28 bits per heavy atom. The van der Waals surface area contributed by atoms with E-state index in [1.165, 1.54) is 15.8 Å². The average molecular weight is 480 g/mol. The monoisotopic (exact) mass is 480 g/mol. The first-order chi connectivity index (χ1) is 12.2. The van der Waals surface area contributed by atoms with Gasteiger partial charge in [0, 0.05) is 16.7 Å². The predicted molar refractivity (Wildman–Crippen MR) is 115 cm³/mol. The maximum absolute atomic E-state index is 12.7. The minimum Gasteiger partial charge on any atom is -0.311 e. The van der Waals surface area contributed by atoms with E-state index in [0.717, 1.165) is 39.4 Å². The molecule has 2 aromatic carbocycles. The largest absolute Gasteiger partial charge is 0.311 e. The number of nitrogens with zero attached hydrogens (tertiary/aromatic N) is 2. The molecule has 0 unspecified atom stereocenters. The van der Waals surface area contributed by atoms with Crippen LogP contribution in [0.1, 0.15) is 17.5 Å². The fourth-order valence-corrected chi connectivity index (χ4v) is 5.49. The van der Waals surface area contributed by atoms with E-state index >= 15 is 0 Å². The molecule has 1 aromatic heterocycles. The lowest BCUT2D eigenvalue weighted by Gasteiger charge is -2.29. The van der Waals surface area contributed by atoms with Crippen LogP contribution in [0, 0.1) is 0 Å². The second kappa shape index (κ2) is 7.63. The minimum atomic E-state index is 0.171. The second-order valence-corrected chi connectivity index (χ2v) is 9.00. The number of anilines is 1. The molecule has 0 radical (unpaired) electrons. The first kappa shape index (κ1) is 17.3. The zero-order chi connectivity index (χ0) is 17.2. The summed E-state index contributed by atoms with van der Waals surface area (Å²) in [5.41, 5.74) is 4.68. The van der Waals surface area contributed by atoms with E-state index in [1.54, 1.807) is 23.1 Å². The third-order valence-corrected chi connectivity index (χ3v) is 7.36. The summed E-state index contributed by atoms with van der Waals surface area (Å²) in [5.74, 6) is 0.608. The molecule has 3 nitrogen and oxygen atoms in total. The Labute approximate surface area is 169 Å². The molecule has 0 N–H and O–H groups in total. The van der Waals surface area contributed by atoms with Crippen LogP contribution < -0.4 is 4.90 Å². The van der Waals surface area contributed by atoms with Crippen molar-refractivity contribution in [3.63, 3.8) is 0 Å². The van der Waals surface area contributed by atoms with Crippen LogP contribution in [0.15, 0.2) is 46.8 Å². The molecular formula is C19H17IN2OS2. The molecule has 128 valence electrons.